The third-order valence-corrected chi connectivity index (χ3v) is 5.83. The second-order valence-corrected chi connectivity index (χ2v) is 8.72. The van der Waals surface area contributed by atoms with Gasteiger partial charge in [0.05, 0.1) is 0 Å². The van der Waals surface area contributed by atoms with E-state index in [0.29, 0.717) is 37.1 Å². The van der Waals surface area contributed by atoms with E-state index in [1.807, 2.05) is 49.4 Å². The number of likely N-dealkylation sites (tertiary alicyclic amines) is 1. The lowest BCUT2D eigenvalue weighted by Gasteiger charge is -2.22. The van der Waals surface area contributed by atoms with Crippen LogP contribution < -0.4 is 5.32 Å². The molecule has 3 aromatic rings. The minimum absolute atomic E-state index is 0.0754. The van der Waals surface area contributed by atoms with E-state index in [4.69, 9.17) is 9.15 Å². The molecule has 0 spiro atoms. The average molecular weight is 493 g/mol. The number of amides is 1. The highest BCUT2D eigenvalue weighted by molar-refractivity contribution is 5.99. The van der Waals surface area contributed by atoms with Crippen LogP contribution >= 0.6 is 0 Å². The van der Waals surface area contributed by atoms with Crippen LogP contribution in [0.3, 0.4) is 0 Å². The fourth-order valence-corrected chi connectivity index (χ4v) is 4.14. The molecule has 1 aliphatic heterocycles. The number of esters is 1. The lowest BCUT2D eigenvalue weighted by Crippen LogP contribution is -2.41. The standard InChI is InChI=1S/C26H28N4O6/c1-18-13-20-14-21(10-11-23(20)36-18)27-24(15-30(33)34)28-22-9-5-6-12-29(26(22)32)16-25(31)35-17-19-7-3-2-4-8-19/h2-4,7-8,10-11,13-14,22H,5-6,9,12,15-17H2,1H3,(H,27,28). The van der Waals surface area contributed by atoms with Crippen molar-refractivity contribution in [2.75, 3.05) is 25.0 Å². The van der Waals surface area contributed by atoms with E-state index in [1.165, 1.54) is 4.90 Å². The normalized spacial score (nSPS) is 16.6. The molecule has 10 nitrogen and oxygen atoms in total. The summed E-state index contributed by atoms with van der Waals surface area (Å²) in [4.78, 5) is 42.3. The van der Waals surface area contributed by atoms with Crippen LogP contribution in [0.5, 0.6) is 0 Å². The second-order valence-electron chi connectivity index (χ2n) is 8.72. The van der Waals surface area contributed by atoms with E-state index < -0.39 is 23.5 Å². The maximum atomic E-state index is 13.2. The summed E-state index contributed by atoms with van der Waals surface area (Å²) in [6.45, 7) is 1.62. The highest BCUT2D eigenvalue weighted by Gasteiger charge is 2.29. The zero-order chi connectivity index (χ0) is 25.5. The van der Waals surface area contributed by atoms with Gasteiger partial charge in [-0.15, -0.1) is 0 Å². The topological polar surface area (TPSA) is 127 Å². The monoisotopic (exact) mass is 492 g/mol. The van der Waals surface area contributed by atoms with Crippen LogP contribution in [0.15, 0.2) is 64.0 Å². The van der Waals surface area contributed by atoms with Crippen molar-refractivity contribution in [3.05, 3.63) is 76.0 Å². The summed E-state index contributed by atoms with van der Waals surface area (Å²) in [5.74, 6) is -0.0175. The lowest BCUT2D eigenvalue weighted by molar-refractivity contribution is -0.463. The summed E-state index contributed by atoms with van der Waals surface area (Å²) < 4.78 is 10.9. The molecule has 1 fully saturated rings. The smallest absolute Gasteiger partial charge is 0.325 e. The zero-order valence-electron chi connectivity index (χ0n) is 20.0. The first-order valence-electron chi connectivity index (χ1n) is 11.8. The lowest BCUT2D eigenvalue weighted by atomic mass is 10.1. The van der Waals surface area contributed by atoms with Crippen LogP contribution in [0.1, 0.15) is 30.6 Å². The highest BCUT2D eigenvalue weighted by atomic mass is 16.6. The van der Waals surface area contributed by atoms with Gasteiger partial charge in [-0.2, -0.15) is 0 Å². The van der Waals surface area contributed by atoms with Gasteiger partial charge in [-0.05, 0) is 56.0 Å². The fraction of sp³-hybridized carbons (Fsp3) is 0.346. The van der Waals surface area contributed by atoms with Crippen LogP contribution in [-0.4, -0.2) is 53.2 Å². The summed E-state index contributed by atoms with van der Waals surface area (Å²) in [6.07, 6.45) is 1.86. The Morgan fingerprint density at radius 2 is 2.03 bits per heavy atom. The van der Waals surface area contributed by atoms with Gasteiger partial charge in [0.15, 0.2) is 5.84 Å². The third kappa shape index (κ3) is 6.68. The number of carbonyl (C=O) groups excluding carboxylic acids is 2. The second kappa shape index (κ2) is 11.5. The number of amidine groups is 1. The maximum Gasteiger partial charge on any atom is 0.325 e. The largest absolute Gasteiger partial charge is 0.461 e. The minimum Gasteiger partial charge on any atom is -0.461 e. The van der Waals surface area contributed by atoms with E-state index in [0.717, 1.165) is 16.7 Å². The zero-order valence-corrected chi connectivity index (χ0v) is 20.0. The van der Waals surface area contributed by atoms with Gasteiger partial charge >= 0.3 is 5.97 Å². The quantitative estimate of drug-likeness (QED) is 0.166. The summed E-state index contributed by atoms with van der Waals surface area (Å²) in [5.41, 5.74) is 2.17. The Morgan fingerprint density at radius 3 is 2.81 bits per heavy atom. The molecular weight excluding hydrogens is 464 g/mol. The Labute approximate surface area is 208 Å². The number of rotatable bonds is 8. The molecule has 0 aliphatic carbocycles. The molecule has 0 bridgehead atoms. The van der Waals surface area contributed by atoms with Crippen LogP contribution in [0.4, 0.5) is 5.69 Å². The first-order valence-corrected chi connectivity index (χ1v) is 11.8. The molecule has 1 aliphatic rings. The van der Waals surface area contributed by atoms with Crippen LogP contribution in [-0.2, 0) is 20.9 Å². The number of carbonyl (C=O) groups is 2. The number of hydrogen-bond donors (Lipinski definition) is 1. The molecule has 4 rings (SSSR count). The number of nitrogens with one attached hydrogen (secondary N) is 1. The number of benzene rings is 2. The number of anilines is 1. The average Bonchev–Trinajstić information content (AvgIpc) is 3.14. The molecule has 2 heterocycles. The van der Waals surface area contributed by atoms with E-state index >= 15 is 0 Å². The predicted octanol–water partition coefficient (Wildman–Crippen LogP) is 3.95. The van der Waals surface area contributed by atoms with Crippen molar-refractivity contribution in [1.82, 2.24) is 4.90 Å². The van der Waals surface area contributed by atoms with Gasteiger partial charge in [0.25, 0.3) is 6.54 Å². The Morgan fingerprint density at radius 1 is 1.22 bits per heavy atom. The van der Waals surface area contributed by atoms with Gasteiger partial charge in [0.1, 0.15) is 30.5 Å². The molecule has 1 amide bonds. The number of ether oxygens (including phenoxy) is 1. The number of aliphatic imine (C=N–C) groups is 1. The Balaban J connectivity index is 1.45. The van der Waals surface area contributed by atoms with Crippen molar-refractivity contribution in [2.24, 2.45) is 4.99 Å². The summed E-state index contributed by atoms with van der Waals surface area (Å²) in [5, 5.41) is 15.2. The number of fused-ring (bicyclic) bond motifs is 1. The van der Waals surface area contributed by atoms with Crippen molar-refractivity contribution in [2.45, 2.75) is 38.8 Å². The summed E-state index contributed by atoms with van der Waals surface area (Å²) in [7, 11) is 0. The molecular formula is C26H28N4O6. The molecule has 0 radical (unpaired) electrons. The minimum atomic E-state index is -0.822. The van der Waals surface area contributed by atoms with Crippen molar-refractivity contribution < 1.29 is 23.7 Å². The molecule has 2 aromatic carbocycles. The van der Waals surface area contributed by atoms with E-state index in [9.17, 15) is 19.7 Å². The first-order chi connectivity index (χ1) is 17.4. The van der Waals surface area contributed by atoms with Gasteiger partial charge in [-0.3, -0.25) is 24.7 Å². The molecule has 1 unspecified atom stereocenters. The molecule has 36 heavy (non-hydrogen) atoms. The van der Waals surface area contributed by atoms with Gasteiger partial charge < -0.3 is 19.4 Å². The highest BCUT2D eigenvalue weighted by Crippen LogP contribution is 2.23. The van der Waals surface area contributed by atoms with Crippen LogP contribution in [0.2, 0.25) is 0 Å². The fourth-order valence-electron chi connectivity index (χ4n) is 4.14. The van der Waals surface area contributed by atoms with Gasteiger partial charge in [-0.25, -0.2) is 0 Å². The number of hydrogen-bond acceptors (Lipinski definition) is 7. The number of nitro groups is 1. The summed E-state index contributed by atoms with van der Waals surface area (Å²) in [6, 6.07) is 15.7. The SMILES string of the molecule is Cc1cc2cc(NC(C[N+](=O)[O-])=NC3CCCCN(CC(=O)OCc4ccccc4)C3=O)ccc2o1. The Bertz CT molecular complexity index is 1270. The Hall–Kier alpha value is -4.21. The molecule has 1 aromatic heterocycles. The molecule has 188 valence electrons. The van der Waals surface area contributed by atoms with E-state index in [-0.39, 0.29) is 24.9 Å². The predicted molar refractivity (Wildman–Crippen MR) is 134 cm³/mol. The van der Waals surface area contributed by atoms with E-state index in [2.05, 4.69) is 10.3 Å². The Kier molecular flexibility index (Phi) is 7.94. The van der Waals surface area contributed by atoms with Crippen LogP contribution in [0.25, 0.3) is 11.0 Å². The number of aryl methyl sites for hydroxylation is 1. The number of nitrogens with zero attached hydrogens (tertiary/aromatic N) is 3. The molecule has 1 atom stereocenters. The molecule has 1 saturated heterocycles. The van der Waals surface area contributed by atoms with Gasteiger partial charge in [0.2, 0.25) is 5.91 Å². The van der Waals surface area contributed by atoms with Crippen molar-refractivity contribution >= 4 is 34.4 Å². The van der Waals surface area contributed by atoms with Gasteiger partial charge in [0, 0.05) is 22.5 Å². The molecule has 10 heteroatoms. The first kappa shape index (κ1) is 24.9. The van der Waals surface area contributed by atoms with Crippen molar-refractivity contribution in [3.63, 3.8) is 0 Å². The summed E-state index contributed by atoms with van der Waals surface area (Å²) >= 11 is 0. The van der Waals surface area contributed by atoms with Gasteiger partial charge in [-0.1, -0.05) is 30.3 Å². The van der Waals surface area contributed by atoms with Crippen LogP contribution in [0, 0.1) is 17.0 Å². The van der Waals surface area contributed by atoms with Crippen molar-refractivity contribution in [3.8, 4) is 0 Å². The molecule has 0 saturated carbocycles. The molecule has 1 N–H and O–H groups in total. The van der Waals surface area contributed by atoms with Crippen molar-refractivity contribution in [1.29, 1.82) is 0 Å². The number of furan rings is 1. The third-order valence-electron chi connectivity index (χ3n) is 5.83. The van der Waals surface area contributed by atoms with E-state index in [1.54, 1.807) is 12.1 Å². The maximum absolute atomic E-state index is 13.2.